The van der Waals surface area contributed by atoms with E-state index in [-0.39, 0.29) is 5.91 Å². The summed E-state index contributed by atoms with van der Waals surface area (Å²) in [6.07, 6.45) is -4.31. The average molecular weight is 393 g/mol. The van der Waals surface area contributed by atoms with E-state index in [1.165, 1.54) is 21.9 Å². The second-order valence-corrected chi connectivity index (χ2v) is 7.41. The summed E-state index contributed by atoms with van der Waals surface area (Å²) < 4.78 is 38.6. The number of halogens is 3. The minimum atomic E-state index is -4.31. The minimum absolute atomic E-state index is 0.00868. The van der Waals surface area contributed by atoms with Crippen molar-refractivity contribution < 1.29 is 27.8 Å². The summed E-state index contributed by atoms with van der Waals surface area (Å²) in [6, 6.07) is 13.2. The van der Waals surface area contributed by atoms with Crippen LogP contribution in [0.1, 0.15) is 16.7 Å². The number of alkyl halides is 3. The minimum Gasteiger partial charge on any atom is -0.322 e. The van der Waals surface area contributed by atoms with Crippen LogP contribution in [-0.4, -0.2) is 38.6 Å². The van der Waals surface area contributed by atoms with Crippen LogP contribution in [0.3, 0.4) is 0 Å². The first kappa shape index (κ1) is 20.4. The summed E-state index contributed by atoms with van der Waals surface area (Å²) in [5.41, 5.74) is 1.97. The Morgan fingerprint density at radius 1 is 1.00 bits per heavy atom. The van der Waals surface area contributed by atoms with E-state index in [0.29, 0.717) is 18.7 Å². The van der Waals surface area contributed by atoms with E-state index in [4.69, 9.17) is 0 Å². The SMILES string of the molecule is Cc1ccccc1NC(=O)C[NH+]1CC[NH+](Cc2cccc(C(F)(F)F)c2)CC1. The van der Waals surface area contributed by atoms with Gasteiger partial charge in [0.15, 0.2) is 6.54 Å². The predicted molar refractivity (Wildman–Crippen MR) is 101 cm³/mol. The predicted octanol–water partition coefficient (Wildman–Crippen LogP) is 0.936. The molecule has 150 valence electrons. The van der Waals surface area contributed by atoms with Gasteiger partial charge in [0.1, 0.15) is 32.7 Å². The number of rotatable bonds is 5. The van der Waals surface area contributed by atoms with Crippen LogP contribution in [0.4, 0.5) is 18.9 Å². The van der Waals surface area contributed by atoms with Gasteiger partial charge < -0.3 is 15.1 Å². The van der Waals surface area contributed by atoms with E-state index >= 15 is 0 Å². The van der Waals surface area contributed by atoms with Crippen LogP contribution in [0.5, 0.6) is 0 Å². The lowest BCUT2D eigenvalue weighted by molar-refractivity contribution is -1.02. The molecule has 1 saturated heterocycles. The summed E-state index contributed by atoms with van der Waals surface area (Å²) in [5, 5.41) is 2.96. The number of carbonyl (C=O) groups excluding carboxylic acids is 1. The molecule has 0 spiro atoms. The van der Waals surface area contributed by atoms with Crippen LogP contribution in [0.25, 0.3) is 0 Å². The number of carbonyl (C=O) groups is 1. The molecule has 28 heavy (non-hydrogen) atoms. The summed E-state index contributed by atoms with van der Waals surface area (Å²) in [6.45, 7) is 6.27. The first-order valence-electron chi connectivity index (χ1n) is 9.50. The van der Waals surface area contributed by atoms with E-state index in [9.17, 15) is 18.0 Å². The number of quaternary nitrogens is 2. The number of piperazine rings is 1. The molecular formula is C21H26F3N3O+2. The molecule has 1 amide bonds. The number of nitrogens with one attached hydrogen (secondary N) is 3. The fraction of sp³-hybridized carbons (Fsp3) is 0.381. The molecule has 0 aromatic heterocycles. The number of hydrogen-bond donors (Lipinski definition) is 3. The Bertz CT molecular complexity index is 815. The van der Waals surface area contributed by atoms with Gasteiger partial charge in [-0.1, -0.05) is 30.3 Å². The van der Waals surface area contributed by atoms with Crippen molar-refractivity contribution in [3.8, 4) is 0 Å². The monoisotopic (exact) mass is 393 g/mol. The zero-order valence-corrected chi connectivity index (χ0v) is 15.9. The second-order valence-electron chi connectivity index (χ2n) is 7.41. The smallest absolute Gasteiger partial charge is 0.322 e. The van der Waals surface area contributed by atoms with E-state index in [1.54, 1.807) is 6.07 Å². The first-order valence-corrected chi connectivity index (χ1v) is 9.50. The molecule has 1 heterocycles. The molecule has 3 rings (SSSR count). The first-order chi connectivity index (χ1) is 13.3. The maximum Gasteiger partial charge on any atom is 0.416 e. The molecule has 2 aromatic carbocycles. The molecule has 4 nitrogen and oxygen atoms in total. The third kappa shape index (κ3) is 5.56. The van der Waals surface area contributed by atoms with Gasteiger partial charge in [-0.25, -0.2) is 0 Å². The van der Waals surface area contributed by atoms with Crippen molar-refractivity contribution in [3.63, 3.8) is 0 Å². The maximum absolute atomic E-state index is 12.9. The fourth-order valence-electron chi connectivity index (χ4n) is 3.59. The Morgan fingerprint density at radius 2 is 1.68 bits per heavy atom. The molecule has 0 unspecified atom stereocenters. The molecule has 0 bridgehead atoms. The molecule has 0 aliphatic carbocycles. The van der Waals surface area contributed by atoms with Crippen LogP contribution in [0, 0.1) is 6.92 Å². The third-order valence-electron chi connectivity index (χ3n) is 5.20. The van der Waals surface area contributed by atoms with Gasteiger partial charge in [-0.2, -0.15) is 13.2 Å². The lowest BCUT2D eigenvalue weighted by Crippen LogP contribution is -3.28. The van der Waals surface area contributed by atoms with Gasteiger partial charge in [-0.3, -0.25) is 4.79 Å². The van der Waals surface area contributed by atoms with Crippen molar-refractivity contribution in [2.45, 2.75) is 19.6 Å². The van der Waals surface area contributed by atoms with E-state index in [2.05, 4.69) is 5.32 Å². The molecule has 1 fully saturated rings. The largest absolute Gasteiger partial charge is 0.416 e. The number of aryl methyl sites for hydroxylation is 1. The van der Waals surface area contributed by atoms with Crippen molar-refractivity contribution >= 4 is 11.6 Å². The van der Waals surface area contributed by atoms with Crippen molar-refractivity contribution in [1.82, 2.24) is 0 Å². The zero-order chi connectivity index (χ0) is 20.1. The highest BCUT2D eigenvalue weighted by molar-refractivity contribution is 5.92. The topological polar surface area (TPSA) is 38.0 Å². The van der Waals surface area contributed by atoms with Crippen molar-refractivity contribution in [2.75, 3.05) is 38.0 Å². The van der Waals surface area contributed by atoms with E-state index in [1.807, 2.05) is 31.2 Å². The quantitative estimate of drug-likeness (QED) is 0.695. The average Bonchev–Trinajstić information content (AvgIpc) is 2.65. The molecule has 0 saturated carbocycles. The van der Waals surface area contributed by atoms with Crippen LogP contribution >= 0.6 is 0 Å². The Labute approximate surface area is 162 Å². The third-order valence-corrected chi connectivity index (χ3v) is 5.20. The van der Waals surface area contributed by atoms with Gasteiger partial charge >= 0.3 is 6.18 Å². The Kier molecular flexibility index (Phi) is 6.36. The van der Waals surface area contributed by atoms with Crippen LogP contribution in [-0.2, 0) is 17.5 Å². The number of anilines is 1. The Hall–Kier alpha value is -2.38. The second kappa shape index (κ2) is 8.75. The standard InChI is InChI=1S/C21H24F3N3O/c1-16-5-2-3-8-19(16)25-20(28)15-27-11-9-26(10-12-27)14-17-6-4-7-18(13-17)21(22,23)24/h2-8,13H,9-12,14-15H2,1H3,(H,25,28)/p+2. The Morgan fingerprint density at radius 3 is 2.36 bits per heavy atom. The van der Waals surface area contributed by atoms with Crippen molar-refractivity contribution in [2.24, 2.45) is 0 Å². The number of hydrogen-bond acceptors (Lipinski definition) is 1. The van der Waals surface area contributed by atoms with E-state index < -0.39 is 11.7 Å². The number of para-hydroxylation sites is 1. The van der Waals surface area contributed by atoms with Gasteiger partial charge in [-0.15, -0.1) is 0 Å². The normalized spacial score (nSPS) is 20.0. The Balaban J connectivity index is 1.47. The summed E-state index contributed by atoms with van der Waals surface area (Å²) in [7, 11) is 0. The number of benzene rings is 2. The number of amides is 1. The molecular weight excluding hydrogens is 367 g/mol. The van der Waals surface area contributed by atoms with Crippen LogP contribution < -0.4 is 15.1 Å². The highest BCUT2D eigenvalue weighted by Crippen LogP contribution is 2.29. The molecule has 1 aliphatic heterocycles. The zero-order valence-electron chi connectivity index (χ0n) is 15.9. The molecule has 1 aliphatic rings. The van der Waals surface area contributed by atoms with E-state index in [0.717, 1.165) is 43.5 Å². The van der Waals surface area contributed by atoms with Crippen molar-refractivity contribution in [1.29, 1.82) is 0 Å². The van der Waals surface area contributed by atoms with Gasteiger partial charge in [0.25, 0.3) is 5.91 Å². The fourth-order valence-corrected chi connectivity index (χ4v) is 3.59. The highest BCUT2D eigenvalue weighted by atomic mass is 19.4. The molecule has 7 heteroatoms. The molecule has 0 atom stereocenters. The summed E-state index contributed by atoms with van der Waals surface area (Å²) in [5.74, 6) is -0.00868. The van der Waals surface area contributed by atoms with Crippen LogP contribution in [0.2, 0.25) is 0 Å². The van der Waals surface area contributed by atoms with Crippen molar-refractivity contribution in [3.05, 3.63) is 65.2 Å². The van der Waals surface area contributed by atoms with Gasteiger partial charge in [0.05, 0.1) is 5.56 Å². The lowest BCUT2D eigenvalue weighted by atomic mass is 10.1. The van der Waals surface area contributed by atoms with Gasteiger partial charge in [0.2, 0.25) is 0 Å². The van der Waals surface area contributed by atoms with Crippen LogP contribution in [0.15, 0.2) is 48.5 Å². The maximum atomic E-state index is 12.9. The lowest BCUT2D eigenvalue weighted by Gasteiger charge is -2.29. The molecule has 0 radical (unpaired) electrons. The van der Waals surface area contributed by atoms with Gasteiger partial charge in [-0.05, 0) is 30.7 Å². The summed E-state index contributed by atoms with van der Waals surface area (Å²) in [4.78, 5) is 14.8. The molecule has 2 aromatic rings. The highest BCUT2D eigenvalue weighted by Gasteiger charge is 2.31. The molecule has 3 N–H and O–H groups in total. The van der Waals surface area contributed by atoms with Gasteiger partial charge in [0, 0.05) is 11.3 Å². The summed E-state index contributed by atoms with van der Waals surface area (Å²) >= 11 is 0.